The molecule has 9 heteroatoms. The molecule has 8 nitrogen and oxygen atoms in total. The molecule has 3 rings (SSSR count). The van der Waals surface area contributed by atoms with Gasteiger partial charge in [0.25, 0.3) is 5.91 Å². The molecule has 0 aliphatic carbocycles. The quantitative estimate of drug-likeness (QED) is 0.203. The highest BCUT2D eigenvalue weighted by atomic mass is 32.2. The molecular formula is C30H36N2O6S. The molecule has 0 fully saturated rings. The summed E-state index contributed by atoms with van der Waals surface area (Å²) in [5.74, 6) is -0.862. The molecule has 0 aliphatic rings. The monoisotopic (exact) mass is 552 g/mol. The largest absolute Gasteiger partial charge is 0.493 e. The van der Waals surface area contributed by atoms with Gasteiger partial charge in [-0.1, -0.05) is 60.7 Å². The molecule has 3 aromatic rings. The van der Waals surface area contributed by atoms with Crippen molar-refractivity contribution in [3.63, 3.8) is 0 Å². The molecule has 0 spiro atoms. The first-order chi connectivity index (χ1) is 18.8. The molecule has 0 atom stereocenters. The van der Waals surface area contributed by atoms with Crippen molar-refractivity contribution < 1.29 is 29.3 Å². The van der Waals surface area contributed by atoms with E-state index in [0.29, 0.717) is 13.2 Å². The number of para-hydroxylation sites is 1. The smallest absolute Gasteiger partial charge is 0.414 e. The number of carbonyl (C=O) groups is 3. The number of amides is 1. The molecule has 0 aliphatic heterocycles. The summed E-state index contributed by atoms with van der Waals surface area (Å²) in [5, 5.41) is 17.9. The van der Waals surface area contributed by atoms with Gasteiger partial charge in [-0.25, -0.2) is 9.59 Å². The number of unbranched alkanes of at least 4 members (excludes halogenated alkanes) is 1. The van der Waals surface area contributed by atoms with Crippen LogP contribution in [0.3, 0.4) is 0 Å². The number of ether oxygens (including phenoxy) is 1. The minimum atomic E-state index is -1.82. The minimum absolute atomic E-state index is 0.00602. The summed E-state index contributed by atoms with van der Waals surface area (Å²) < 4.78 is 5.75. The van der Waals surface area contributed by atoms with E-state index in [1.807, 2.05) is 66.4 Å². The van der Waals surface area contributed by atoms with Crippen LogP contribution in [0.25, 0.3) is 11.1 Å². The van der Waals surface area contributed by atoms with Gasteiger partial charge in [-0.15, -0.1) is 0 Å². The highest BCUT2D eigenvalue weighted by molar-refractivity contribution is 7.98. The van der Waals surface area contributed by atoms with Crippen LogP contribution in [0.15, 0.2) is 78.9 Å². The van der Waals surface area contributed by atoms with Crippen molar-refractivity contribution in [2.24, 2.45) is 0 Å². The van der Waals surface area contributed by atoms with Gasteiger partial charge in [-0.3, -0.25) is 4.79 Å². The third-order valence-electron chi connectivity index (χ3n) is 5.45. The summed E-state index contributed by atoms with van der Waals surface area (Å²) >= 11 is 1.86. The third-order valence-corrected chi connectivity index (χ3v) is 6.44. The number of carboxylic acids is 2. The average molecular weight is 553 g/mol. The lowest BCUT2D eigenvalue weighted by Crippen LogP contribution is -2.25. The lowest BCUT2D eigenvalue weighted by Gasteiger charge is -2.12. The van der Waals surface area contributed by atoms with Crippen LogP contribution >= 0.6 is 11.8 Å². The Balaban J connectivity index is 0.000000798. The number of hydrogen-bond acceptors (Lipinski definition) is 6. The third kappa shape index (κ3) is 12.5. The standard InChI is InChI=1S/C28H34N2O2S.C2H2O4/c1-30(2)19-9-8-18-29-28(31)27-13-7-6-12-26(27)24-16-14-23(15-17-24)22-33-21-20-32-25-10-4-3-5-11-25;3-1(4)2(5)6/h3-7,10-17H,8-9,18-22H2,1-2H3,(H,29,31);(H,3,4)(H,5,6). The van der Waals surface area contributed by atoms with Crippen LogP contribution in [-0.4, -0.2) is 72.5 Å². The first-order valence-corrected chi connectivity index (χ1v) is 13.8. The zero-order chi connectivity index (χ0) is 28.5. The molecule has 3 N–H and O–H groups in total. The molecule has 0 saturated carbocycles. The van der Waals surface area contributed by atoms with Gasteiger partial charge >= 0.3 is 11.9 Å². The average Bonchev–Trinajstić information content (AvgIpc) is 2.93. The second-order valence-corrected chi connectivity index (χ2v) is 9.94. The summed E-state index contributed by atoms with van der Waals surface area (Å²) in [5.41, 5.74) is 4.03. The molecule has 1 amide bonds. The second-order valence-electron chi connectivity index (χ2n) is 8.83. The van der Waals surface area contributed by atoms with Gasteiger partial charge in [0.1, 0.15) is 5.75 Å². The van der Waals surface area contributed by atoms with Crippen molar-refractivity contribution in [2.45, 2.75) is 18.6 Å². The fraction of sp³-hybridized carbons (Fsp3) is 0.300. The Hall–Kier alpha value is -3.82. The Labute approximate surface area is 234 Å². The summed E-state index contributed by atoms with van der Waals surface area (Å²) in [4.78, 5) is 33.1. The van der Waals surface area contributed by atoms with E-state index in [9.17, 15) is 4.79 Å². The maximum absolute atomic E-state index is 12.8. The van der Waals surface area contributed by atoms with Crippen molar-refractivity contribution in [1.29, 1.82) is 0 Å². The molecule has 39 heavy (non-hydrogen) atoms. The highest BCUT2D eigenvalue weighted by Gasteiger charge is 2.12. The number of carboxylic acid groups (broad SMARTS) is 2. The normalized spacial score (nSPS) is 10.3. The van der Waals surface area contributed by atoms with Crippen molar-refractivity contribution in [3.8, 4) is 16.9 Å². The molecule has 0 bridgehead atoms. The van der Waals surface area contributed by atoms with E-state index in [1.165, 1.54) is 5.56 Å². The summed E-state index contributed by atoms with van der Waals surface area (Å²) in [6.45, 7) is 2.44. The Bertz CT molecular complexity index is 1160. The molecule has 0 radical (unpaired) electrons. The van der Waals surface area contributed by atoms with Gasteiger partial charge in [-0.2, -0.15) is 11.8 Å². The van der Waals surface area contributed by atoms with Crippen molar-refractivity contribution in [1.82, 2.24) is 10.2 Å². The Morgan fingerprint density at radius 1 is 0.846 bits per heavy atom. The second kappa shape index (κ2) is 17.6. The molecule has 0 saturated heterocycles. The Kier molecular flexibility index (Phi) is 14.2. The molecule has 208 valence electrons. The first kappa shape index (κ1) is 31.4. The summed E-state index contributed by atoms with van der Waals surface area (Å²) in [6, 6.07) is 26.3. The Morgan fingerprint density at radius 3 is 2.13 bits per heavy atom. The molecular weight excluding hydrogens is 516 g/mol. The van der Waals surface area contributed by atoms with Crippen molar-refractivity contribution in [2.75, 3.05) is 39.5 Å². The van der Waals surface area contributed by atoms with Crippen molar-refractivity contribution in [3.05, 3.63) is 90.0 Å². The number of nitrogens with one attached hydrogen (secondary N) is 1. The van der Waals surface area contributed by atoms with Crippen LogP contribution in [0.4, 0.5) is 0 Å². The van der Waals surface area contributed by atoms with Crippen LogP contribution in [0.1, 0.15) is 28.8 Å². The number of benzene rings is 3. The van der Waals surface area contributed by atoms with Gasteiger partial charge in [0.2, 0.25) is 0 Å². The fourth-order valence-electron chi connectivity index (χ4n) is 3.49. The molecule has 0 unspecified atom stereocenters. The molecule has 0 aromatic heterocycles. The Morgan fingerprint density at radius 2 is 1.49 bits per heavy atom. The number of thioether (sulfide) groups is 1. The van der Waals surface area contributed by atoms with Gasteiger partial charge in [0, 0.05) is 23.6 Å². The SMILES string of the molecule is CN(C)CCCCNC(=O)c1ccccc1-c1ccc(CSCCOc2ccccc2)cc1.O=C(O)C(=O)O. The van der Waals surface area contributed by atoms with E-state index in [2.05, 4.69) is 48.6 Å². The van der Waals surface area contributed by atoms with Crippen LogP contribution in [0.2, 0.25) is 0 Å². The van der Waals surface area contributed by atoms with Crippen LogP contribution in [0.5, 0.6) is 5.75 Å². The van der Waals surface area contributed by atoms with E-state index >= 15 is 0 Å². The zero-order valence-corrected chi connectivity index (χ0v) is 23.2. The number of hydrogen-bond donors (Lipinski definition) is 3. The predicted octanol–water partition coefficient (Wildman–Crippen LogP) is 4.89. The zero-order valence-electron chi connectivity index (χ0n) is 22.3. The van der Waals surface area contributed by atoms with E-state index in [0.717, 1.165) is 53.3 Å². The number of rotatable bonds is 13. The lowest BCUT2D eigenvalue weighted by atomic mass is 9.98. The molecule has 0 heterocycles. The number of nitrogens with zero attached hydrogens (tertiary/aromatic N) is 1. The maximum atomic E-state index is 12.8. The first-order valence-electron chi connectivity index (χ1n) is 12.6. The molecule has 3 aromatic carbocycles. The summed E-state index contributed by atoms with van der Waals surface area (Å²) in [7, 11) is 4.14. The van der Waals surface area contributed by atoms with Crippen LogP contribution < -0.4 is 10.1 Å². The van der Waals surface area contributed by atoms with E-state index in [4.69, 9.17) is 24.5 Å². The topological polar surface area (TPSA) is 116 Å². The predicted molar refractivity (Wildman–Crippen MR) is 155 cm³/mol. The van der Waals surface area contributed by atoms with Gasteiger partial charge < -0.3 is 25.2 Å². The van der Waals surface area contributed by atoms with Gasteiger partial charge in [0.15, 0.2) is 0 Å². The van der Waals surface area contributed by atoms with Crippen LogP contribution in [-0.2, 0) is 15.3 Å². The number of aliphatic carboxylic acids is 2. The maximum Gasteiger partial charge on any atom is 0.414 e. The minimum Gasteiger partial charge on any atom is -0.493 e. The fourth-order valence-corrected chi connectivity index (χ4v) is 4.26. The highest BCUT2D eigenvalue weighted by Crippen LogP contribution is 2.25. The summed E-state index contributed by atoms with van der Waals surface area (Å²) in [6.07, 6.45) is 2.06. The van der Waals surface area contributed by atoms with E-state index < -0.39 is 11.9 Å². The van der Waals surface area contributed by atoms with Gasteiger partial charge in [-0.05, 0) is 68.4 Å². The lowest BCUT2D eigenvalue weighted by molar-refractivity contribution is -0.159. The van der Waals surface area contributed by atoms with E-state index in [1.54, 1.807) is 0 Å². The van der Waals surface area contributed by atoms with Crippen LogP contribution in [0, 0.1) is 0 Å². The van der Waals surface area contributed by atoms with Gasteiger partial charge in [0.05, 0.1) is 6.61 Å². The van der Waals surface area contributed by atoms with Crippen molar-refractivity contribution >= 4 is 29.6 Å². The number of carbonyl (C=O) groups excluding carboxylic acids is 1. The van der Waals surface area contributed by atoms with E-state index in [-0.39, 0.29) is 5.91 Å².